The van der Waals surface area contributed by atoms with Gasteiger partial charge in [0.05, 0.1) is 5.52 Å². The van der Waals surface area contributed by atoms with Gasteiger partial charge in [0, 0.05) is 11.6 Å². The summed E-state index contributed by atoms with van der Waals surface area (Å²) in [6, 6.07) is 0. The summed E-state index contributed by atoms with van der Waals surface area (Å²) in [6.07, 6.45) is 4.49. The molecule has 0 spiro atoms. The van der Waals surface area contributed by atoms with Crippen LogP contribution in [0.5, 0.6) is 0 Å². The molecule has 0 aliphatic rings. The number of aromatic nitrogens is 2. The first-order valence-electron chi connectivity index (χ1n) is 4.72. The van der Waals surface area contributed by atoms with E-state index in [0.717, 1.165) is 10.9 Å². The smallest absolute Gasteiger partial charge is 0.198 e. The Labute approximate surface area is 84.0 Å². The Bertz CT molecular complexity index is 455. The van der Waals surface area contributed by atoms with Gasteiger partial charge in [0.1, 0.15) is 0 Å². The molecule has 1 heterocycles. The van der Waals surface area contributed by atoms with Crippen LogP contribution in [0.25, 0.3) is 10.9 Å². The van der Waals surface area contributed by atoms with Crippen LogP contribution in [0.15, 0.2) is 6.20 Å². The molecular formula is C12H13N2. The van der Waals surface area contributed by atoms with Gasteiger partial charge in [-0.3, -0.25) is 0 Å². The number of rotatable bonds is 0. The highest BCUT2D eigenvalue weighted by molar-refractivity contribution is 5.86. The van der Waals surface area contributed by atoms with E-state index < -0.39 is 0 Å². The second kappa shape index (κ2) is 3.05. The Morgan fingerprint density at radius 1 is 0.929 bits per heavy atom. The summed E-state index contributed by atoms with van der Waals surface area (Å²) in [5.74, 6) is 0. The second-order valence-electron chi connectivity index (χ2n) is 3.73. The van der Waals surface area contributed by atoms with Gasteiger partial charge >= 0.3 is 0 Å². The van der Waals surface area contributed by atoms with Crippen molar-refractivity contribution in [2.24, 2.45) is 0 Å². The van der Waals surface area contributed by atoms with Crippen molar-refractivity contribution < 1.29 is 0 Å². The lowest BCUT2D eigenvalue weighted by Crippen LogP contribution is -1.96. The lowest BCUT2D eigenvalue weighted by atomic mass is 9.95. The SMILES string of the molecule is Cc1c(C)c(C)c2n[c]ncc2c1C. The van der Waals surface area contributed by atoms with Crippen LogP contribution in [0.3, 0.4) is 0 Å². The molecule has 0 aliphatic heterocycles. The second-order valence-corrected chi connectivity index (χ2v) is 3.73. The van der Waals surface area contributed by atoms with E-state index in [-0.39, 0.29) is 0 Å². The lowest BCUT2D eigenvalue weighted by Gasteiger charge is -2.11. The van der Waals surface area contributed by atoms with Gasteiger partial charge in [-0.1, -0.05) is 0 Å². The minimum Gasteiger partial charge on any atom is -0.233 e. The van der Waals surface area contributed by atoms with E-state index in [2.05, 4.69) is 44.0 Å². The van der Waals surface area contributed by atoms with Crippen LogP contribution >= 0.6 is 0 Å². The van der Waals surface area contributed by atoms with Crippen LogP contribution in [-0.2, 0) is 0 Å². The molecule has 0 atom stereocenters. The normalized spacial score (nSPS) is 10.9. The quantitative estimate of drug-likeness (QED) is 0.630. The van der Waals surface area contributed by atoms with E-state index >= 15 is 0 Å². The molecule has 0 unspecified atom stereocenters. The lowest BCUT2D eigenvalue weighted by molar-refractivity contribution is 1.16. The molecule has 2 heteroatoms. The first kappa shape index (κ1) is 9.13. The number of hydrogen-bond donors (Lipinski definition) is 0. The van der Waals surface area contributed by atoms with Crippen molar-refractivity contribution in [3.8, 4) is 0 Å². The summed E-state index contributed by atoms with van der Waals surface area (Å²) in [6.45, 7) is 8.51. The van der Waals surface area contributed by atoms with Gasteiger partial charge in [-0.05, 0) is 49.9 Å². The molecule has 2 aromatic rings. The first-order chi connectivity index (χ1) is 6.63. The molecule has 1 aromatic carbocycles. The van der Waals surface area contributed by atoms with Crippen molar-refractivity contribution >= 4 is 10.9 Å². The Morgan fingerprint density at radius 2 is 1.57 bits per heavy atom. The first-order valence-corrected chi connectivity index (χ1v) is 4.72. The minimum absolute atomic E-state index is 1.03. The van der Waals surface area contributed by atoms with Crippen molar-refractivity contribution in [3.05, 3.63) is 34.8 Å². The van der Waals surface area contributed by atoms with Gasteiger partial charge in [0.2, 0.25) is 0 Å². The van der Waals surface area contributed by atoms with E-state index in [4.69, 9.17) is 0 Å². The molecule has 0 N–H and O–H groups in total. The summed E-state index contributed by atoms with van der Waals surface area (Å²) >= 11 is 0. The van der Waals surface area contributed by atoms with E-state index in [9.17, 15) is 0 Å². The Hall–Kier alpha value is -1.44. The van der Waals surface area contributed by atoms with E-state index in [1.54, 1.807) is 0 Å². The fourth-order valence-electron chi connectivity index (χ4n) is 1.80. The predicted molar refractivity (Wildman–Crippen MR) is 57.3 cm³/mol. The largest absolute Gasteiger partial charge is 0.233 e. The summed E-state index contributed by atoms with van der Waals surface area (Å²) in [4.78, 5) is 8.16. The molecule has 0 amide bonds. The molecule has 71 valence electrons. The Balaban J connectivity index is 3.02. The zero-order chi connectivity index (χ0) is 10.3. The highest BCUT2D eigenvalue weighted by Crippen LogP contribution is 2.26. The van der Waals surface area contributed by atoms with Crippen LogP contribution in [0.4, 0.5) is 0 Å². The summed E-state index contributed by atoms with van der Waals surface area (Å²) in [5, 5.41) is 1.14. The predicted octanol–water partition coefficient (Wildman–Crippen LogP) is 2.66. The molecule has 0 fully saturated rings. The van der Waals surface area contributed by atoms with Crippen LogP contribution in [-0.4, -0.2) is 9.97 Å². The molecular weight excluding hydrogens is 172 g/mol. The summed E-state index contributed by atoms with van der Waals surface area (Å²) < 4.78 is 0. The zero-order valence-electron chi connectivity index (χ0n) is 8.97. The van der Waals surface area contributed by atoms with E-state index in [0.29, 0.717) is 0 Å². The van der Waals surface area contributed by atoms with Crippen LogP contribution in [0.1, 0.15) is 22.3 Å². The maximum atomic E-state index is 4.21. The molecule has 0 saturated heterocycles. The number of nitrogens with zero attached hydrogens (tertiary/aromatic N) is 2. The average molecular weight is 185 g/mol. The van der Waals surface area contributed by atoms with Crippen molar-refractivity contribution in [3.63, 3.8) is 0 Å². The summed E-state index contributed by atoms with van der Waals surface area (Å²) in [5.41, 5.74) is 6.20. The number of fused-ring (bicyclic) bond motifs is 1. The van der Waals surface area contributed by atoms with Gasteiger partial charge in [0.15, 0.2) is 6.33 Å². The summed E-state index contributed by atoms with van der Waals surface area (Å²) in [7, 11) is 0. The Kier molecular flexibility index (Phi) is 1.99. The van der Waals surface area contributed by atoms with Crippen molar-refractivity contribution in [2.75, 3.05) is 0 Å². The monoisotopic (exact) mass is 185 g/mol. The highest BCUT2D eigenvalue weighted by Gasteiger charge is 2.09. The van der Waals surface area contributed by atoms with Crippen molar-refractivity contribution in [1.29, 1.82) is 0 Å². The molecule has 0 saturated carbocycles. The number of hydrogen-bond acceptors (Lipinski definition) is 2. The van der Waals surface area contributed by atoms with Crippen LogP contribution in [0.2, 0.25) is 0 Å². The third-order valence-corrected chi connectivity index (χ3v) is 3.12. The molecule has 0 bridgehead atoms. The topological polar surface area (TPSA) is 25.8 Å². The number of benzene rings is 1. The third kappa shape index (κ3) is 1.10. The maximum Gasteiger partial charge on any atom is 0.198 e. The molecule has 2 nitrogen and oxygen atoms in total. The van der Waals surface area contributed by atoms with E-state index in [1.165, 1.54) is 22.3 Å². The molecule has 14 heavy (non-hydrogen) atoms. The average Bonchev–Trinajstić information content (AvgIpc) is 2.23. The van der Waals surface area contributed by atoms with Gasteiger partial charge < -0.3 is 0 Å². The van der Waals surface area contributed by atoms with Crippen molar-refractivity contribution in [2.45, 2.75) is 27.7 Å². The van der Waals surface area contributed by atoms with Gasteiger partial charge in [0.25, 0.3) is 0 Å². The Morgan fingerprint density at radius 3 is 2.29 bits per heavy atom. The van der Waals surface area contributed by atoms with Crippen LogP contribution in [0, 0.1) is 34.0 Å². The maximum absolute atomic E-state index is 4.21. The number of aryl methyl sites for hydroxylation is 2. The minimum atomic E-state index is 1.03. The van der Waals surface area contributed by atoms with E-state index in [1.807, 2.05) is 6.20 Å². The highest BCUT2D eigenvalue weighted by atomic mass is 14.8. The standard InChI is InChI=1S/C12H13N2/c1-7-8(2)10(4)12-11(9(7)3)5-13-6-14-12/h5H,1-4H3. The molecule has 1 aromatic heterocycles. The molecule has 2 rings (SSSR count). The van der Waals surface area contributed by atoms with Gasteiger partial charge in [-0.15, -0.1) is 0 Å². The van der Waals surface area contributed by atoms with Gasteiger partial charge in [-0.25, -0.2) is 9.97 Å². The zero-order valence-corrected chi connectivity index (χ0v) is 8.97. The fourth-order valence-corrected chi connectivity index (χ4v) is 1.80. The van der Waals surface area contributed by atoms with Crippen molar-refractivity contribution in [1.82, 2.24) is 9.97 Å². The van der Waals surface area contributed by atoms with Gasteiger partial charge in [-0.2, -0.15) is 0 Å². The van der Waals surface area contributed by atoms with Crippen LogP contribution < -0.4 is 0 Å². The molecule has 1 radical (unpaired) electrons. The molecule has 0 aliphatic carbocycles. The third-order valence-electron chi connectivity index (χ3n) is 3.12. The fraction of sp³-hybridized carbons (Fsp3) is 0.333.